The Morgan fingerprint density at radius 1 is 1.47 bits per heavy atom. The van der Waals surface area contributed by atoms with E-state index in [1.807, 2.05) is 0 Å². The third kappa shape index (κ3) is 6.43. The molecule has 0 aliphatic heterocycles. The molecule has 15 heavy (non-hydrogen) atoms. The molecule has 0 bridgehead atoms. The lowest BCUT2D eigenvalue weighted by Crippen LogP contribution is -2.45. The lowest BCUT2D eigenvalue weighted by Gasteiger charge is -2.22. The van der Waals surface area contributed by atoms with Gasteiger partial charge in [0.1, 0.15) is 0 Å². The molecule has 4 N–H and O–H groups in total. The molecule has 2 unspecified atom stereocenters. The van der Waals surface area contributed by atoms with E-state index in [-0.39, 0.29) is 0 Å². The molecule has 0 saturated carbocycles. The standard InChI is InChI=1S/C10H23N3O2/c1-4-13(5-2)7-9(14)6-12-8(3)10(11)15/h8-9,12,14H,4-7H2,1-3H3,(H2,11,15). The molecule has 0 aromatic carbocycles. The number of nitrogens with two attached hydrogens (primary N) is 1. The highest BCUT2D eigenvalue weighted by Crippen LogP contribution is 1.91. The number of aliphatic hydroxyl groups excluding tert-OH is 1. The van der Waals surface area contributed by atoms with E-state index in [2.05, 4.69) is 24.1 Å². The van der Waals surface area contributed by atoms with Crippen LogP contribution in [0.5, 0.6) is 0 Å². The van der Waals surface area contributed by atoms with Crippen LogP contribution in [0.3, 0.4) is 0 Å². The Hall–Kier alpha value is -0.650. The Morgan fingerprint density at radius 2 is 2.00 bits per heavy atom. The summed E-state index contributed by atoms with van der Waals surface area (Å²) >= 11 is 0. The van der Waals surface area contributed by atoms with Crippen molar-refractivity contribution < 1.29 is 9.90 Å². The van der Waals surface area contributed by atoms with Gasteiger partial charge in [-0.3, -0.25) is 4.79 Å². The van der Waals surface area contributed by atoms with Crippen molar-refractivity contribution in [3.8, 4) is 0 Å². The highest BCUT2D eigenvalue weighted by Gasteiger charge is 2.12. The van der Waals surface area contributed by atoms with E-state index in [4.69, 9.17) is 5.73 Å². The SMILES string of the molecule is CCN(CC)CC(O)CNC(C)C(N)=O. The fourth-order valence-corrected chi connectivity index (χ4v) is 1.26. The Morgan fingerprint density at radius 3 is 2.40 bits per heavy atom. The molecular weight excluding hydrogens is 194 g/mol. The van der Waals surface area contributed by atoms with E-state index in [9.17, 15) is 9.90 Å². The predicted molar refractivity (Wildman–Crippen MR) is 60.5 cm³/mol. The summed E-state index contributed by atoms with van der Waals surface area (Å²) in [5.74, 6) is -0.398. The van der Waals surface area contributed by atoms with Gasteiger partial charge in [-0.05, 0) is 20.0 Å². The predicted octanol–water partition coefficient (Wildman–Crippen LogP) is -0.847. The summed E-state index contributed by atoms with van der Waals surface area (Å²) in [6, 6.07) is -0.392. The summed E-state index contributed by atoms with van der Waals surface area (Å²) in [4.78, 5) is 12.8. The first-order valence-corrected chi connectivity index (χ1v) is 5.44. The molecule has 0 saturated heterocycles. The van der Waals surface area contributed by atoms with Crippen LogP contribution in [0.1, 0.15) is 20.8 Å². The van der Waals surface area contributed by atoms with Gasteiger partial charge in [0.15, 0.2) is 0 Å². The molecule has 5 heteroatoms. The highest BCUT2D eigenvalue weighted by molar-refractivity contribution is 5.79. The summed E-state index contributed by atoms with van der Waals surface area (Å²) in [5, 5.41) is 12.5. The van der Waals surface area contributed by atoms with Gasteiger partial charge in [0.05, 0.1) is 12.1 Å². The van der Waals surface area contributed by atoms with Crippen LogP contribution in [0.4, 0.5) is 0 Å². The fourth-order valence-electron chi connectivity index (χ4n) is 1.26. The number of rotatable bonds is 8. The second kappa shape index (κ2) is 7.62. The molecule has 0 aliphatic rings. The molecule has 0 radical (unpaired) electrons. The van der Waals surface area contributed by atoms with Crippen molar-refractivity contribution in [2.45, 2.75) is 32.9 Å². The maximum Gasteiger partial charge on any atom is 0.234 e. The Labute approximate surface area is 91.6 Å². The van der Waals surface area contributed by atoms with Crippen LogP contribution in [0.2, 0.25) is 0 Å². The minimum Gasteiger partial charge on any atom is -0.390 e. The largest absolute Gasteiger partial charge is 0.390 e. The van der Waals surface area contributed by atoms with Gasteiger partial charge in [-0.15, -0.1) is 0 Å². The number of likely N-dealkylation sites (N-methyl/N-ethyl adjacent to an activating group) is 1. The van der Waals surface area contributed by atoms with Crippen molar-refractivity contribution in [3.63, 3.8) is 0 Å². The molecule has 0 fully saturated rings. The van der Waals surface area contributed by atoms with Crippen LogP contribution in [0.25, 0.3) is 0 Å². The van der Waals surface area contributed by atoms with Gasteiger partial charge in [-0.1, -0.05) is 13.8 Å². The number of primary amides is 1. The summed E-state index contributed by atoms with van der Waals surface area (Å²) in [6.07, 6.45) is -0.466. The van der Waals surface area contributed by atoms with Gasteiger partial charge in [0.25, 0.3) is 0 Å². The van der Waals surface area contributed by atoms with E-state index in [1.165, 1.54) is 0 Å². The van der Waals surface area contributed by atoms with E-state index in [0.717, 1.165) is 13.1 Å². The van der Waals surface area contributed by atoms with E-state index >= 15 is 0 Å². The Bertz CT molecular complexity index is 184. The third-order valence-corrected chi connectivity index (χ3v) is 2.45. The first-order chi connectivity index (χ1) is 7.01. The Balaban J connectivity index is 3.73. The monoisotopic (exact) mass is 217 g/mol. The number of aliphatic hydroxyl groups is 1. The lowest BCUT2D eigenvalue weighted by molar-refractivity contribution is -0.119. The van der Waals surface area contributed by atoms with Gasteiger partial charge in [0.2, 0.25) is 5.91 Å². The van der Waals surface area contributed by atoms with Crippen molar-refractivity contribution in [2.24, 2.45) is 5.73 Å². The minimum atomic E-state index is -0.466. The van der Waals surface area contributed by atoms with Crippen molar-refractivity contribution in [2.75, 3.05) is 26.2 Å². The van der Waals surface area contributed by atoms with Crippen molar-refractivity contribution >= 4 is 5.91 Å². The quantitative estimate of drug-likeness (QED) is 0.495. The molecule has 90 valence electrons. The molecule has 0 rings (SSSR count). The van der Waals surface area contributed by atoms with Crippen LogP contribution < -0.4 is 11.1 Å². The van der Waals surface area contributed by atoms with Crippen molar-refractivity contribution in [3.05, 3.63) is 0 Å². The number of carbonyl (C=O) groups is 1. The molecular formula is C10H23N3O2. The van der Waals surface area contributed by atoms with E-state index in [1.54, 1.807) is 6.92 Å². The van der Waals surface area contributed by atoms with Gasteiger partial charge in [-0.25, -0.2) is 0 Å². The summed E-state index contributed by atoms with van der Waals surface area (Å²) in [7, 11) is 0. The average molecular weight is 217 g/mol. The minimum absolute atomic E-state index is 0.389. The molecule has 0 aliphatic carbocycles. The third-order valence-electron chi connectivity index (χ3n) is 2.45. The van der Waals surface area contributed by atoms with E-state index in [0.29, 0.717) is 13.1 Å². The zero-order valence-electron chi connectivity index (χ0n) is 9.86. The van der Waals surface area contributed by atoms with Crippen LogP contribution >= 0.6 is 0 Å². The zero-order valence-corrected chi connectivity index (χ0v) is 9.86. The zero-order chi connectivity index (χ0) is 11.8. The highest BCUT2D eigenvalue weighted by atomic mass is 16.3. The number of hydrogen-bond donors (Lipinski definition) is 3. The van der Waals surface area contributed by atoms with Crippen LogP contribution in [0, 0.1) is 0 Å². The average Bonchev–Trinajstić information content (AvgIpc) is 2.22. The number of nitrogens with zero attached hydrogens (tertiary/aromatic N) is 1. The molecule has 0 spiro atoms. The maximum atomic E-state index is 10.7. The normalized spacial score (nSPS) is 15.3. The first kappa shape index (κ1) is 14.3. The topological polar surface area (TPSA) is 78.6 Å². The molecule has 2 atom stereocenters. The fraction of sp³-hybridized carbons (Fsp3) is 0.900. The molecule has 0 aromatic heterocycles. The maximum absolute atomic E-state index is 10.7. The smallest absolute Gasteiger partial charge is 0.234 e. The van der Waals surface area contributed by atoms with E-state index < -0.39 is 18.1 Å². The second-order valence-electron chi connectivity index (χ2n) is 3.67. The summed E-state index contributed by atoms with van der Waals surface area (Å²) in [5.41, 5.74) is 5.08. The number of nitrogens with one attached hydrogen (secondary N) is 1. The second-order valence-corrected chi connectivity index (χ2v) is 3.67. The van der Waals surface area contributed by atoms with Crippen molar-refractivity contribution in [1.82, 2.24) is 10.2 Å². The number of hydrogen-bond acceptors (Lipinski definition) is 4. The van der Waals surface area contributed by atoms with Crippen LogP contribution in [-0.2, 0) is 4.79 Å². The molecule has 5 nitrogen and oxygen atoms in total. The lowest BCUT2D eigenvalue weighted by atomic mass is 10.2. The number of amides is 1. The van der Waals surface area contributed by atoms with Gasteiger partial charge < -0.3 is 21.1 Å². The van der Waals surface area contributed by atoms with Crippen LogP contribution in [0.15, 0.2) is 0 Å². The van der Waals surface area contributed by atoms with Gasteiger partial charge >= 0.3 is 0 Å². The molecule has 0 heterocycles. The van der Waals surface area contributed by atoms with Crippen LogP contribution in [-0.4, -0.2) is 54.2 Å². The van der Waals surface area contributed by atoms with Gasteiger partial charge in [0, 0.05) is 13.1 Å². The summed E-state index contributed by atoms with van der Waals surface area (Å²) in [6.45, 7) is 8.63. The Kier molecular flexibility index (Phi) is 7.29. The molecule has 1 amide bonds. The number of carbonyl (C=O) groups excluding carboxylic acids is 1. The summed E-state index contributed by atoms with van der Waals surface area (Å²) < 4.78 is 0. The first-order valence-electron chi connectivity index (χ1n) is 5.44. The molecule has 0 aromatic rings. The van der Waals surface area contributed by atoms with Gasteiger partial charge in [-0.2, -0.15) is 0 Å². The van der Waals surface area contributed by atoms with Crippen molar-refractivity contribution in [1.29, 1.82) is 0 Å².